The van der Waals surface area contributed by atoms with Crippen LogP contribution in [0, 0.1) is 17.3 Å². The fraction of sp³-hybridized carbons (Fsp3) is 0.833. The first-order valence-corrected chi connectivity index (χ1v) is 5.45. The predicted octanol–water partition coefficient (Wildman–Crippen LogP) is 3.78. The Balaban J connectivity index is 2.12. The first-order chi connectivity index (χ1) is 5.76. The van der Waals surface area contributed by atoms with Gasteiger partial charge in [0.25, 0.3) is 0 Å². The molecule has 0 spiro atoms. The molecule has 0 aromatic carbocycles. The first-order valence-electron chi connectivity index (χ1n) is 5.45. The maximum Gasteiger partial charge on any atom is -0.00567 e. The minimum absolute atomic E-state index is 0.595. The highest BCUT2D eigenvalue weighted by molar-refractivity contribution is 5.31. The summed E-state index contributed by atoms with van der Waals surface area (Å²) < 4.78 is 0. The Hall–Kier alpha value is -0.260. The largest absolute Gasteiger partial charge is 0.0990 e. The molecule has 2 rings (SSSR count). The second kappa shape index (κ2) is 2.61. The van der Waals surface area contributed by atoms with Crippen molar-refractivity contribution in [1.29, 1.82) is 0 Å². The molecule has 0 heterocycles. The maximum atomic E-state index is 4.29. The van der Waals surface area contributed by atoms with Crippen LogP contribution in [0.15, 0.2) is 12.2 Å². The zero-order valence-electron chi connectivity index (χ0n) is 8.40. The zero-order chi connectivity index (χ0) is 8.77. The van der Waals surface area contributed by atoms with Gasteiger partial charge in [-0.2, -0.15) is 0 Å². The van der Waals surface area contributed by atoms with Crippen LogP contribution < -0.4 is 0 Å². The molecule has 0 nitrogen and oxygen atoms in total. The van der Waals surface area contributed by atoms with E-state index >= 15 is 0 Å². The maximum absolute atomic E-state index is 4.29. The van der Waals surface area contributed by atoms with E-state index in [2.05, 4.69) is 20.4 Å². The summed E-state index contributed by atoms with van der Waals surface area (Å²) in [6, 6.07) is 0. The number of fused-ring (bicyclic) bond motifs is 1. The van der Waals surface area contributed by atoms with Crippen molar-refractivity contribution in [1.82, 2.24) is 0 Å². The molecule has 0 radical (unpaired) electrons. The van der Waals surface area contributed by atoms with Gasteiger partial charge in [0, 0.05) is 0 Å². The van der Waals surface area contributed by atoms with Gasteiger partial charge in [-0.1, -0.05) is 32.4 Å². The molecule has 0 bridgehead atoms. The number of allylic oxidation sites excluding steroid dienone is 1. The predicted molar refractivity (Wildman–Crippen MR) is 53.0 cm³/mol. The smallest absolute Gasteiger partial charge is 0.00567 e. The van der Waals surface area contributed by atoms with E-state index in [1.807, 2.05) is 0 Å². The summed E-state index contributed by atoms with van der Waals surface area (Å²) in [5.74, 6) is 1.98. The number of hydrogen-bond donors (Lipinski definition) is 0. The van der Waals surface area contributed by atoms with Gasteiger partial charge < -0.3 is 0 Å². The lowest BCUT2D eigenvalue weighted by atomic mass is 9.40. The summed E-state index contributed by atoms with van der Waals surface area (Å²) >= 11 is 0. The third-order valence-corrected chi connectivity index (χ3v) is 4.40. The van der Waals surface area contributed by atoms with E-state index in [-0.39, 0.29) is 0 Å². The minimum atomic E-state index is 0.595. The summed E-state index contributed by atoms with van der Waals surface area (Å²) in [7, 11) is 0. The highest BCUT2D eigenvalue weighted by Crippen LogP contribution is 2.68. The molecule has 0 amide bonds. The molecule has 3 atom stereocenters. The van der Waals surface area contributed by atoms with E-state index in [1.165, 1.54) is 32.1 Å². The lowest BCUT2D eigenvalue weighted by Crippen LogP contribution is -2.55. The summed E-state index contributed by atoms with van der Waals surface area (Å²) in [5, 5.41) is 0. The Bertz CT molecular complexity index is 204. The SMILES string of the molecule is C=C1C2CCC2C1(CC)CCC. The summed E-state index contributed by atoms with van der Waals surface area (Å²) in [5.41, 5.74) is 2.20. The van der Waals surface area contributed by atoms with E-state index in [0.717, 1.165) is 11.8 Å². The summed E-state index contributed by atoms with van der Waals surface area (Å²) in [4.78, 5) is 0. The van der Waals surface area contributed by atoms with Crippen molar-refractivity contribution in [2.45, 2.75) is 46.0 Å². The molecule has 0 saturated heterocycles. The van der Waals surface area contributed by atoms with Gasteiger partial charge in [0.1, 0.15) is 0 Å². The third-order valence-electron chi connectivity index (χ3n) is 4.40. The Labute approximate surface area is 76.1 Å². The molecule has 68 valence electrons. The molecule has 0 aliphatic heterocycles. The molecule has 2 fully saturated rings. The van der Waals surface area contributed by atoms with Gasteiger partial charge in [-0.25, -0.2) is 0 Å². The Morgan fingerprint density at radius 1 is 1.42 bits per heavy atom. The average Bonchev–Trinajstić information content (AvgIpc) is 2.01. The van der Waals surface area contributed by atoms with E-state index < -0.39 is 0 Å². The van der Waals surface area contributed by atoms with E-state index in [1.54, 1.807) is 5.57 Å². The highest BCUT2D eigenvalue weighted by atomic mass is 14.6. The molecule has 2 aliphatic rings. The standard InChI is InChI=1S/C12H20/c1-4-8-12(5-2)9(3)10-6-7-11(10)12/h10-11H,3-8H2,1-2H3. The third kappa shape index (κ3) is 0.739. The van der Waals surface area contributed by atoms with E-state index in [0.29, 0.717) is 5.41 Å². The molecule has 2 aliphatic carbocycles. The quantitative estimate of drug-likeness (QED) is 0.557. The van der Waals surface area contributed by atoms with Crippen LogP contribution in [0.4, 0.5) is 0 Å². The highest BCUT2D eigenvalue weighted by Gasteiger charge is 2.58. The van der Waals surface area contributed by atoms with Crippen LogP contribution in [0.3, 0.4) is 0 Å². The van der Waals surface area contributed by atoms with Gasteiger partial charge in [-0.05, 0) is 42.9 Å². The molecule has 12 heavy (non-hydrogen) atoms. The second-order valence-electron chi connectivity index (χ2n) is 4.58. The first kappa shape index (κ1) is 8.34. The van der Waals surface area contributed by atoms with E-state index in [4.69, 9.17) is 0 Å². The Kier molecular flexibility index (Phi) is 1.82. The fourth-order valence-corrected chi connectivity index (χ4v) is 3.55. The molecule has 0 aromatic heterocycles. The summed E-state index contributed by atoms with van der Waals surface area (Å²) in [6.45, 7) is 8.93. The topological polar surface area (TPSA) is 0 Å². The number of hydrogen-bond acceptors (Lipinski definition) is 0. The van der Waals surface area contributed by atoms with Crippen LogP contribution in [-0.2, 0) is 0 Å². The van der Waals surface area contributed by atoms with Crippen molar-refractivity contribution in [3.8, 4) is 0 Å². The van der Waals surface area contributed by atoms with Gasteiger partial charge in [0.15, 0.2) is 0 Å². The number of rotatable bonds is 3. The van der Waals surface area contributed by atoms with Crippen molar-refractivity contribution in [3.63, 3.8) is 0 Å². The van der Waals surface area contributed by atoms with Gasteiger partial charge in [-0.15, -0.1) is 0 Å². The summed E-state index contributed by atoms with van der Waals surface area (Å²) in [6.07, 6.45) is 6.98. The van der Waals surface area contributed by atoms with Gasteiger partial charge in [0.05, 0.1) is 0 Å². The van der Waals surface area contributed by atoms with Gasteiger partial charge in [0.2, 0.25) is 0 Å². The van der Waals surface area contributed by atoms with Crippen LogP contribution >= 0.6 is 0 Å². The molecular weight excluding hydrogens is 144 g/mol. The van der Waals surface area contributed by atoms with Gasteiger partial charge in [-0.3, -0.25) is 0 Å². The Morgan fingerprint density at radius 3 is 2.50 bits per heavy atom. The monoisotopic (exact) mass is 164 g/mol. The molecule has 0 heteroatoms. The van der Waals surface area contributed by atoms with Gasteiger partial charge >= 0.3 is 0 Å². The van der Waals surface area contributed by atoms with Crippen LogP contribution in [-0.4, -0.2) is 0 Å². The fourth-order valence-electron chi connectivity index (χ4n) is 3.55. The second-order valence-corrected chi connectivity index (χ2v) is 4.58. The lowest BCUT2D eigenvalue weighted by molar-refractivity contribution is -0.0452. The van der Waals surface area contributed by atoms with Crippen molar-refractivity contribution < 1.29 is 0 Å². The normalized spacial score (nSPS) is 44.7. The van der Waals surface area contributed by atoms with Crippen LogP contribution in [0.1, 0.15) is 46.0 Å². The lowest BCUT2D eigenvalue weighted by Gasteiger charge is -2.64. The van der Waals surface area contributed by atoms with Crippen LogP contribution in [0.2, 0.25) is 0 Å². The molecular formula is C12H20. The molecule has 0 N–H and O–H groups in total. The molecule has 2 saturated carbocycles. The van der Waals surface area contributed by atoms with Crippen molar-refractivity contribution in [2.24, 2.45) is 17.3 Å². The molecule has 0 aromatic rings. The van der Waals surface area contributed by atoms with Crippen molar-refractivity contribution in [2.75, 3.05) is 0 Å². The van der Waals surface area contributed by atoms with Crippen LogP contribution in [0.25, 0.3) is 0 Å². The van der Waals surface area contributed by atoms with E-state index in [9.17, 15) is 0 Å². The minimum Gasteiger partial charge on any atom is -0.0990 e. The average molecular weight is 164 g/mol. The Morgan fingerprint density at radius 2 is 2.17 bits per heavy atom. The van der Waals surface area contributed by atoms with Crippen molar-refractivity contribution in [3.05, 3.63) is 12.2 Å². The molecule has 3 unspecified atom stereocenters. The van der Waals surface area contributed by atoms with Crippen LogP contribution in [0.5, 0.6) is 0 Å². The van der Waals surface area contributed by atoms with Crippen molar-refractivity contribution >= 4 is 0 Å². The zero-order valence-corrected chi connectivity index (χ0v) is 8.40.